The van der Waals surface area contributed by atoms with E-state index in [0.717, 1.165) is 12.1 Å². The molecule has 4 nitrogen and oxygen atoms in total. The third kappa shape index (κ3) is 2.44. The molecule has 2 aromatic rings. The summed E-state index contributed by atoms with van der Waals surface area (Å²) in [5, 5.41) is 4.00. The Bertz CT molecular complexity index is 598. The van der Waals surface area contributed by atoms with Crippen molar-refractivity contribution in [3.05, 3.63) is 59.0 Å². The van der Waals surface area contributed by atoms with Crippen molar-refractivity contribution in [2.45, 2.75) is 6.04 Å². The van der Waals surface area contributed by atoms with Crippen LogP contribution in [0.25, 0.3) is 0 Å². The fraction of sp³-hybridized carbons (Fsp3) is 0.267. The van der Waals surface area contributed by atoms with E-state index in [0.29, 0.717) is 23.7 Å². The molecule has 1 aromatic carbocycles. The number of furan rings is 1. The van der Waals surface area contributed by atoms with Crippen molar-refractivity contribution in [3.63, 3.8) is 0 Å². The average Bonchev–Trinajstić information content (AvgIpc) is 3.01. The summed E-state index contributed by atoms with van der Waals surface area (Å²) in [6.45, 7) is 2.14. The highest BCUT2D eigenvalue weighted by Gasteiger charge is 2.30. The van der Waals surface area contributed by atoms with Gasteiger partial charge >= 0.3 is 0 Å². The highest BCUT2D eigenvalue weighted by atomic mass is 35.5. The minimum atomic E-state index is -0.0557. The smallest absolute Gasteiger partial charge is 0.257 e. The van der Waals surface area contributed by atoms with E-state index in [-0.39, 0.29) is 11.9 Å². The Balaban J connectivity index is 1.92. The van der Waals surface area contributed by atoms with Crippen LogP contribution < -0.4 is 5.32 Å². The molecule has 0 aliphatic carbocycles. The van der Waals surface area contributed by atoms with Gasteiger partial charge in [-0.15, -0.1) is 0 Å². The molecule has 104 valence electrons. The van der Waals surface area contributed by atoms with Crippen molar-refractivity contribution in [3.8, 4) is 0 Å². The zero-order valence-electron chi connectivity index (χ0n) is 10.9. The van der Waals surface area contributed by atoms with Crippen LogP contribution in [0.1, 0.15) is 22.0 Å². The highest BCUT2D eigenvalue weighted by molar-refractivity contribution is 6.31. The number of hydrogen-bond donors (Lipinski definition) is 1. The molecule has 1 aliphatic heterocycles. The fourth-order valence-electron chi connectivity index (χ4n) is 2.52. The Morgan fingerprint density at radius 2 is 2.20 bits per heavy atom. The van der Waals surface area contributed by atoms with Gasteiger partial charge in [0.1, 0.15) is 6.26 Å². The molecule has 1 saturated heterocycles. The van der Waals surface area contributed by atoms with Gasteiger partial charge in [-0.2, -0.15) is 0 Å². The fourth-order valence-corrected chi connectivity index (χ4v) is 2.78. The molecule has 3 rings (SSSR count). The molecule has 1 atom stereocenters. The summed E-state index contributed by atoms with van der Waals surface area (Å²) in [6.07, 6.45) is 2.99. The monoisotopic (exact) mass is 290 g/mol. The number of nitrogens with zero attached hydrogens (tertiary/aromatic N) is 1. The molecule has 0 bridgehead atoms. The summed E-state index contributed by atoms with van der Waals surface area (Å²) in [4.78, 5) is 14.4. The normalized spacial score (nSPS) is 19.1. The van der Waals surface area contributed by atoms with Gasteiger partial charge in [-0.3, -0.25) is 4.79 Å². The second-order valence-electron chi connectivity index (χ2n) is 4.75. The first-order valence-electron chi connectivity index (χ1n) is 6.55. The maximum absolute atomic E-state index is 12.6. The number of hydrogen-bond acceptors (Lipinski definition) is 3. The lowest BCUT2D eigenvalue weighted by molar-refractivity contribution is 0.0634. The molecule has 1 fully saturated rings. The first-order chi connectivity index (χ1) is 9.77. The van der Waals surface area contributed by atoms with Gasteiger partial charge in [0.2, 0.25) is 0 Å². The Morgan fingerprint density at radius 3 is 2.95 bits per heavy atom. The number of piperazine rings is 1. The summed E-state index contributed by atoms with van der Waals surface area (Å²) in [6, 6.07) is 9.29. The van der Waals surface area contributed by atoms with Crippen molar-refractivity contribution in [2.24, 2.45) is 0 Å². The van der Waals surface area contributed by atoms with E-state index in [2.05, 4.69) is 5.32 Å². The van der Waals surface area contributed by atoms with Gasteiger partial charge in [0.25, 0.3) is 5.91 Å². The van der Waals surface area contributed by atoms with Crippen LogP contribution in [0.5, 0.6) is 0 Å². The maximum Gasteiger partial charge on any atom is 0.257 e. The Hall–Kier alpha value is -1.78. The molecule has 20 heavy (non-hydrogen) atoms. The largest absolute Gasteiger partial charge is 0.472 e. The van der Waals surface area contributed by atoms with E-state index in [9.17, 15) is 4.79 Å². The number of carbonyl (C=O) groups excluding carboxylic acids is 1. The summed E-state index contributed by atoms with van der Waals surface area (Å²) < 4.78 is 5.00. The van der Waals surface area contributed by atoms with Crippen LogP contribution >= 0.6 is 11.6 Å². The molecule has 2 heterocycles. The number of halogens is 1. The molecule has 1 aromatic heterocycles. The number of benzene rings is 1. The third-order valence-corrected chi connectivity index (χ3v) is 3.88. The first kappa shape index (κ1) is 13.2. The lowest BCUT2D eigenvalue weighted by atomic mass is 10.0. The molecule has 0 saturated carbocycles. The van der Waals surface area contributed by atoms with E-state index in [4.69, 9.17) is 16.0 Å². The molecule has 1 aliphatic rings. The van der Waals surface area contributed by atoms with Gasteiger partial charge in [0.05, 0.1) is 17.9 Å². The van der Waals surface area contributed by atoms with Gasteiger partial charge in [-0.05, 0) is 17.7 Å². The van der Waals surface area contributed by atoms with Crippen molar-refractivity contribution >= 4 is 17.5 Å². The summed E-state index contributed by atoms with van der Waals surface area (Å²) in [5.41, 5.74) is 1.54. The standard InChI is InChI=1S/C15H15ClN2O2/c16-13-4-2-1-3-12(13)14-9-17-6-7-18(14)15(19)11-5-8-20-10-11/h1-5,8,10,14,17H,6-7,9H2. The zero-order chi connectivity index (χ0) is 13.9. The third-order valence-electron chi connectivity index (χ3n) is 3.54. The van der Waals surface area contributed by atoms with Crippen molar-refractivity contribution < 1.29 is 9.21 Å². The molecule has 1 unspecified atom stereocenters. The van der Waals surface area contributed by atoms with Crippen LogP contribution in [0.4, 0.5) is 0 Å². The minimum Gasteiger partial charge on any atom is -0.472 e. The van der Waals surface area contributed by atoms with Crippen LogP contribution in [0.3, 0.4) is 0 Å². The number of carbonyl (C=O) groups is 1. The van der Waals surface area contributed by atoms with E-state index in [1.54, 1.807) is 6.07 Å². The van der Waals surface area contributed by atoms with Gasteiger partial charge < -0.3 is 14.6 Å². The van der Waals surface area contributed by atoms with E-state index < -0.39 is 0 Å². The summed E-state index contributed by atoms with van der Waals surface area (Å²) in [7, 11) is 0. The van der Waals surface area contributed by atoms with Gasteiger partial charge in [0.15, 0.2) is 0 Å². The maximum atomic E-state index is 12.6. The van der Waals surface area contributed by atoms with Crippen LogP contribution in [0.2, 0.25) is 5.02 Å². The molecular weight excluding hydrogens is 276 g/mol. The Kier molecular flexibility index (Phi) is 3.76. The Labute approximate surface area is 122 Å². The molecule has 1 N–H and O–H groups in total. The molecule has 0 spiro atoms. The van der Waals surface area contributed by atoms with Crippen molar-refractivity contribution in [1.82, 2.24) is 10.2 Å². The summed E-state index contributed by atoms with van der Waals surface area (Å²) in [5.74, 6) is -0.0230. The molecular formula is C15H15ClN2O2. The topological polar surface area (TPSA) is 45.5 Å². The predicted molar refractivity (Wildman–Crippen MR) is 76.8 cm³/mol. The van der Waals surface area contributed by atoms with E-state index in [1.165, 1.54) is 12.5 Å². The lowest BCUT2D eigenvalue weighted by Gasteiger charge is -2.36. The van der Waals surface area contributed by atoms with Gasteiger partial charge in [-0.25, -0.2) is 0 Å². The lowest BCUT2D eigenvalue weighted by Crippen LogP contribution is -2.48. The quantitative estimate of drug-likeness (QED) is 0.925. The van der Waals surface area contributed by atoms with Crippen LogP contribution in [0.15, 0.2) is 47.3 Å². The number of nitrogens with one attached hydrogen (secondary N) is 1. The van der Waals surface area contributed by atoms with E-state index >= 15 is 0 Å². The van der Waals surface area contributed by atoms with Gasteiger partial charge in [-0.1, -0.05) is 29.8 Å². The molecule has 0 radical (unpaired) electrons. The molecule has 5 heteroatoms. The second kappa shape index (κ2) is 5.69. The number of amides is 1. The zero-order valence-corrected chi connectivity index (χ0v) is 11.6. The van der Waals surface area contributed by atoms with Crippen LogP contribution in [0, 0.1) is 0 Å². The minimum absolute atomic E-state index is 0.0230. The van der Waals surface area contributed by atoms with Gasteiger partial charge in [0, 0.05) is 24.7 Å². The highest BCUT2D eigenvalue weighted by Crippen LogP contribution is 2.29. The second-order valence-corrected chi connectivity index (χ2v) is 5.16. The van der Waals surface area contributed by atoms with Crippen LogP contribution in [-0.4, -0.2) is 30.4 Å². The summed E-state index contributed by atoms with van der Waals surface area (Å²) >= 11 is 6.27. The predicted octanol–water partition coefficient (Wildman–Crippen LogP) is 2.72. The number of rotatable bonds is 2. The van der Waals surface area contributed by atoms with Crippen molar-refractivity contribution in [1.29, 1.82) is 0 Å². The first-order valence-corrected chi connectivity index (χ1v) is 6.93. The van der Waals surface area contributed by atoms with E-state index in [1.807, 2.05) is 29.2 Å². The van der Waals surface area contributed by atoms with Crippen molar-refractivity contribution in [2.75, 3.05) is 19.6 Å². The SMILES string of the molecule is O=C(c1ccoc1)N1CCNCC1c1ccccc1Cl. The average molecular weight is 291 g/mol. The molecule has 1 amide bonds. The van der Waals surface area contributed by atoms with Crippen LogP contribution in [-0.2, 0) is 0 Å². The Morgan fingerprint density at radius 1 is 1.35 bits per heavy atom.